The van der Waals surface area contributed by atoms with Gasteiger partial charge in [0.25, 0.3) is 0 Å². The number of hydrogen-bond donors (Lipinski definition) is 3. The SMILES string of the molecule is Cc1cc(Nc2ccc(-c3cc(C4CCC(NC(=O)OC(C)C)CC4)ncn3)c(S(=O)(=O)C3CC3)c2)n[nH]1. The lowest BCUT2D eigenvalue weighted by Gasteiger charge is -2.28. The molecule has 0 unspecified atom stereocenters. The second-order valence-corrected chi connectivity index (χ2v) is 12.7. The summed E-state index contributed by atoms with van der Waals surface area (Å²) in [6.45, 7) is 5.56. The topological polar surface area (TPSA) is 139 Å². The lowest BCUT2D eigenvalue weighted by Crippen LogP contribution is -2.38. The Morgan fingerprint density at radius 3 is 2.47 bits per heavy atom. The fourth-order valence-corrected chi connectivity index (χ4v) is 6.81. The van der Waals surface area contributed by atoms with Gasteiger partial charge in [-0.25, -0.2) is 23.2 Å². The van der Waals surface area contributed by atoms with Crippen molar-refractivity contribution in [2.24, 2.45) is 0 Å². The minimum atomic E-state index is -3.50. The molecule has 2 saturated carbocycles. The van der Waals surface area contributed by atoms with Gasteiger partial charge in [-0.05, 0) is 83.6 Å². The van der Waals surface area contributed by atoms with Crippen LogP contribution in [-0.4, -0.2) is 52.1 Å². The molecule has 5 rings (SSSR count). The molecule has 1 amide bonds. The number of carbonyl (C=O) groups excluding carboxylic acids is 1. The molecular formula is C27H34N6O4S. The van der Waals surface area contributed by atoms with Gasteiger partial charge >= 0.3 is 6.09 Å². The number of nitrogens with one attached hydrogen (secondary N) is 3. The van der Waals surface area contributed by atoms with Crippen LogP contribution in [0.1, 0.15) is 69.7 Å². The molecule has 2 aromatic heterocycles. The monoisotopic (exact) mass is 538 g/mol. The zero-order valence-electron chi connectivity index (χ0n) is 21.9. The third-order valence-corrected chi connectivity index (χ3v) is 9.30. The third-order valence-electron chi connectivity index (χ3n) is 7.00. The average Bonchev–Trinajstić information content (AvgIpc) is 3.67. The highest BCUT2D eigenvalue weighted by molar-refractivity contribution is 7.92. The number of aryl methyl sites for hydroxylation is 1. The standard InChI is InChI=1S/C27H34N6O4S/c1-16(2)37-27(34)31-19-6-4-18(5-7-19)23-14-24(29-15-28-23)22-11-8-20(30-26-12-17(3)32-33-26)13-25(22)38(35,36)21-9-10-21/h8,11-16,18-19,21H,4-7,9-10H2,1-3H3,(H,31,34)(H2,30,32,33). The van der Waals surface area contributed by atoms with Crippen LogP contribution in [0, 0.1) is 6.92 Å². The summed E-state index contributed by atoms with van der Waals surface area (Å²) >= 11 is 0. The first-order valence-electron chi connectivity index (χ1n) is 13.2. The lowest BCUT2D eigenvalue weighted by molar-refractivity contribution is 0.109. The number of ether oxygens (including phenoxy) is 1. The van der Waals surface area contributed by atoms with E-state index < -0.39 is 9.84 Å². The number of amides is 1. The Morgan fingerprint density at radius 1 is 1.05 bits per heavy atom. The summed E-state index contributed by atoms with van der Waals surface area (Å²) < 4.78 is 32.1. The van der Waals surface area contributed by atoms with Crippen LogP contribution in [0.3, 0.4) is 0 Å². The highest BCUT2D eigenvalue weighted by Crippen LogP contribution is 2.40. The molecule has 0 bridgehead atoms. The second kappa shape index (κ2) is 10.7. The van der Waals surface area contributed by atoms with Crippen molar-refractivity contribution in [3.8, 4) is 11.3 Å². The van der Waals surface area contributed by atoms with E-state index in [-0.39, 0.29) is 34.3 Å². The van der Waals surface area contributed by atoms with Crippen molar-refractivity contribution >= 4 is 27.4 Å². The number of rotatable bonds is 8. The minimum absolute atomic E-state index is 0.0763. The summed E-state index contributed by atoms with van der Waals surface area (Å²) in [6.07, 6.45) is 5.71. The Balaban J connectivity index is 1.36. The number of sulfone groups is 1. The van der Waals surface area contributed by atoms with Crippen LogP contribution >= 0.6 is 0 Å². The largest absolute Gasteiger partial charge is 0.447 e. The molecule has 0 spiro atoms. The first kappa shape index (κ1) is 26.1. The van der Waals surface area contributed by atoms with Gasteiger partial charge in [-0.1, -0.05) is 0 Å². The predicted octanol–water partition coefficient (Wildman–Crippen LogP) is 5.02. The molecule has 2 heterocycles. The molecule has 202 valence electrons. The highest BCUT2D eigenvalue weighted by atomic mass is 32.2. The number of H-pyrrole nitrogens is 1. The molecule has 2 aliphatic carbocycles. The van der Waals surface area contributed by atoms with Crippen LogP contribution < -0.4 is 10.6 Å². The fraction of sp³-hybridized carbons (Fsp3) is 0.481. The number of aromatic amines is 1. The number of hydrogen-bond acceptors (Lipinski definition) is 8. The summed E-state index contributed by atoms with van der Waals surface area (Å²) in [5.74, 6) is 0.833. The predicted molar refractivity (Wildman–Crippen MR) is 144 cm³/mol. The molecular weight excluding hydrogens is 504 g/mol. The Hall–Kier alpha value is -3.47. The molecule has 0 atom stereocenters. The van der Waals surface area contributed by atoms with E-state index in [1.165, 1.54) is 6.33 Å². The first-order valence-corrected chi connectivity index (χ1v) is 14.7. The van der Waals surface area contributed by atoms with Crippen LogP contribution in [0.4, 0.5) is 16.3 Å². The van der Waals surface area contributed by atoms with Crippen LogP contribution in [0.2, 0.25) is 0 Å². The zero-order chi connectivity index (χ0) is 26.9. The van der Waals surface area contributed by atoms with Gasteiger partial charge in [0.1, 0.15) is 6.33 Å². The smallest absolute Gasteiger partial charge is 0.407 e. The number of nitrogens with zero attached hydrogens (tertiary/aromatic N) is 3. The number of carbonyl (C=O) groups is 1. The zero-order valence-corrected chi connectivity index (χ0v) is 22.7. The van der Waals surface area contributed by atoms with Crippen molar-refractivity contribution in [1.82, 2.24) is 25.5 Å². The van der Waals surface area contributed by atoms with Crippen LogP contribution in [0.25, 0.3) is 11.3 Å². The third kappa shape index (κ3) is 5.98. The highest BCUT2D eigenvalue weighted by Gasteiger charge is 2.38. The Kier molecular flexibility index (Phi) is 7.38. The molecule has 0 aliphatic heterocycles. The van der Waals surface area contributed by atoms with Gasteiger partial charge in [0, 0.05) is 40.7 Å². The van der Waals surface area contributed by atoms with E-state index in [0.717, 1.165) is 37.1 Å². The normalized spacial score (nSPS) is 19.8. The van der Waals surface area contributed by atoms with Crippen LogP contribution in [0.15, 0.2) is 41.6 Å². The summed E-state index contributed by atoms with van der Waals surface area (Å²) in [4.78, 5) is 21.2. The Morgan fingerprint density at radius 2 is 1.82 bits per heavy atom. The molecule has 11 heteroatoms. The molecule has 2 fully saturated rings. The van der Waals surface area contributed by atoms with Crippen molar-refractivity contribution in [2.75, 3.05) is 5.32 Å². The summed E-state index contributed by atoms with van der Waals surface area (Å²) in [6, 6.07) is 9.19. The van der Waals surface area contributed by atoms with Gasteiger partial charge in [-0.3, -0.25) is 5.10 Å². The first-order chi connectivity index (χ1) is 18.2. The van der Waals surface area contributed by atoms with Gasteiger partial charge in [-0.2, -0.15) is 5.10 Å². The van der Waals surface area contributed by atoms with Crippen molar-refractivity contribution in [1.29, 1.82) is 0 Å². The van der Waals surface area contributed by atoms with E-state index in [2.05, 4.69) is 30.8 Å². The summed E-state index contributed by atoms with van der Waals surface area (Å²) in [5.41, 5.74) is 3.62. The Bertz CT molecular complexity index is 1410. The maximum atomic E-state index is 13.4. The minimum Gasteiger partial charge on any atom is -0.447 e. The quantitative estimate of drug-likeness (QED) is 0.363. The molecule has 10 nitrogen and oxygen atoms in total. The molecule has 0 saturated heterocycles. The van der Waals surface area contributed by atoms with Crippen LogP contribution in [0.5, 0.6) is 0 Å². The second-order valence-electron chi connectivity index (χ2n) is 10.5. The number of aromatic nitrogens is 4. The molecule has 2 aliphatic rings. The van der Waals surface area contributed by atoms with Crippen LogP contribution in [-0.2, 0) is 14.6 Å². The van der Waals surface area contributed by atoms with E-state index >= 15 is 0 Å². The van der Waals surface area contributed by atoms with Crippen molar-refractivity contribution in [3.05, 3.63) is 48.0 Å². The fourth-order valence-electron chi connectivity index (χ4n) is 4.93. The van der Waals surface area contributed by atoms with E-state index in [4.69, 9.17) is 4.74 Å². The van der Waals surface area contributed by atoms with Gasteiger partial charge in [-0.15, -0.1) is 0 Å². The number of anilines is 2. The van der Waals surface area contributed by atoms with Crippen molar-refractivity contribution in [2.45, 2.75) is 87.5 Å². The van der Waals surface area contributed by atoms with E-state index in [0.29, 0.717) is 35.6 Å². The van der Waals surface area contributed by atoms with Crippen molar-refractivity contribution in [3.63, 3.8) is 0 Å². The maximum Gasteiger partial charge on any atom is 0.407 e. The molecule has 0 radical (unpaired) electrons. The summed E-state index contributed by atoms with van der Waals surface area (Å²) in [5, 5.41) is 12.9. The van der Waals surface area contributed by atoms with Gasteiger partial charge in [0.15, 0.2) is 15.7 Å². The van der Waals surface area contributed by atoms with Gasteiger partial charge in [0.2, 0.25) is 0 Å². The Labute approximate surface area is 222 Å². The molecule has 1 aromatic carbocycles. The van der Waals surface area contributed by atoms with E-state index in [1.54, 1.807) is 6.07 Å². The summed E-state index contributed by atoms with van der Waals surface area (Å²) in [7, 11) is -3.50. The number of benzene rings is 1. The van der Waals surface area contributed by atoms with E-state index in [1.807, 2.05) is 45.0 Å². The average molecular weight is 539 g/mol. The molecule has 38 heavy (non-hydrogen) atoms. The lowest BCUT2D eigenvalue weighted by atomic mass is 9.83. The van der Waals surface area contributed by atoms with E-state index in [9.17, 15) is 13.2 Å². The number of alkyl carbamates (subject to hydrolysis) is 1. The van der Waals surface area contributed by atoms with Gasteiger partial charge < -0.3 is 15.4 Å². The maximum absolute atomic E-state index is 13.4. The molecule has 3 aromatic rings. The van der Waals surface area contributed by atoms with Crippen molar-refractivity contribution < 1.29 is 17.9 Å². The molecule has 3 N–H and O–H groups in total. The van der Waals surface area contributed by atoms with Gasteiger partial charge in [0.05, 0.1) is 21.9 Å².